The maximum absolute atomic E-state index is 12.7. The van der Waals surface area contributed by atoms with Gasteiger partial charge in [0.1, 0.15) is 12.2 Å². The Hall–Kier alpha value is -1.06. The van der Waals surface area contributed by atoms with Gasteiger partial charge in [-0.2, -0.15) is 0 Å². The van der Waals surface area contributed by atoms with Gasteiger partial charge in [0, 0.05) is 13.0 Å². The summed E-state index contributed by atoms with van der Waals surface area (Å²) in [5, 5.41) is 18.5. The fourth-order valence-electron chi connectivity index (χ4n) is 8.64. The van der Waals surface area contributed by atoms with Crippen LogP contribution in [0.2, 0.25) is 0 Å². The Morgan fingerprint density at radius 2 is 0.750 bits per heavy atom. The van der Waals surface area contributed by atoms with Crippen LogP contribution in [0.3, 0.4) is 0 Å². The minimum atomic E-state index is -4.53. The maximum Gasteiger partial charge on any atom is 0.472 e. The van der Waals surface area contributed by atoms with Gasteiger partial charge in [-0.1, -0.05) is 250 Å². The molecule has 0 amide bonds. The van der Waals surface area contributed by atoms with E-state index in [1.165, 1.54) is 244 Å². The van der Waals surface area contributed by atoms with Gasteiger partial charge in [-0.25, -0.2) is 4.57 Å². The van der Waals surface area contributed by atoms with Gasteiger partial charge >= 0.3 is 13.8 Å². The highest BCUT2D eigenvalue weighted by atomic mass is 31.2. The molecule has 0 spiro atoms. The number of aliphatic hydroxyl groups excluding tert-OH is 2. The lowest BCUT2D eigenvalue weighted by atomic mass is 10.0. The molecule has 0 aromatic carbocycles. The second-order valence-electron chi connectivity index (χ2n) is 20.0. The number of rotatable bonds is 57. The molecule has 0 radical (unpaired) electrons. The highest BCUT2D eigenvalue weighted by Gasteiger charge is 2.26. The summed E-state index contributed by atoms with van der Waals surface area (Å²) in [6.07, 6.45) is 63.1. The minimum Gasteiger partial charge on any atom is -0.457 e. The standard InChI is InChI=1S/C58H113O9P/c1-3-5-7-9-11-13-15-17-19-21-23-25-27-29-31-33-35-37-39-41-43-45-47-49-51-64-54-57(55-66-68(62,63)65-53-56(60)52-59)67-58(61)50-48-46-44-42-40-38-36-34-32-30-28-26-24-22-20-18-16-14-12-10-8-6-4-2/h21-24,56-57,59-60H,3-20,25-55H2,1-2H3,(H,62,63)/b23-21-,24-22-. The third kappa shape index (κ3) is 54.3. The Kier molecular flexibility index (Phi) is 54.4. The average molecular weight is 986 g/mol. The summed E-state index contributed by atoms with van der Waals surface area (Å²) in [5.41, 5.74) is 0. The van der Waals surface area contributed by atoms with Crippen LogP contribution < -0.4 is 0 Å². The lowest BCUT2D eigenvalue weighted by Gasteiger charge is -2.20. The van der Waals surface area contributed by atoms with Crippen molar-refractivity contribution in [2.75, 3.05) is 33.0 Å². The van der Waals surface area contributed by atoms with Crippen molar-refractivity contribution in [3.05, 3.63) is 24.3 Å². The number of hydrogen-bond acceptors (Lipinski definition) is 8. The first-order chi connectivity index (χ1) is 33.3. The lowest BCUT2D eigenvalue weighted by Crippen LogP contribution is -2.29. The van der Waals surface area contributed by atoms with E-state index in [1.54, 1.807) is 0 Å². The highest BCUT2D eigenvalue weighted by Crippen LogP contribution is 2.43. The van der Waals surface area contributed by atoms with E-state index in [-0.39, 0.29) is 25.6 Å². The zero-order chi connectivity index (χ0) is 49.5. The van der Waals surface area contributed by atoms with Crippen LogP contribution in [0.25, 0.3) is 0 Å². The summed E-state index contributed by atoms with van der Waals surface area (Å²) in [4.78, 5) is 22.8. The monoisotopic (exact) mass is 985 g/mol. The van der Waals surface area contributed by atoms with E-state index in [4.69, 9.17) is 23.6 Å². The molecule has 0 fully saturated rings. The molecule has 10 heteroatoms. The summed E-state index contributed by atoms with van der Waals surface area (Å²) < 4.78 is 33.7. The normalized spacial score (nSPS) is 13.8. The van der Waals surface area contributed by atoms with Gasteiger partial charge in [-0.05, 0) is 64.2 Å². The van der Waals surface area contributed by atoms with Crippen LogP contribution in [0.5, 0.6) is 0 Å². The van der Waals surface area contributed by atoms with Crippen molar-refractivity contribution >= 4 is 13.8 Å². The molecule has 0 heterocycles. The Morgan fingerprint density at radius 1 is 0.441 bits per heavy atom. The van der Waals surface area contributed by atoms with Crippen LogP contribution >= 0.6 is 7.82 Å². The highest BCUT2D eigenvalue weighted by molar-refractivity contribution is 7.47. The number of unbranched alkanes of at least 4 members (excludes halogenated alkanes) is 39. The molecule has 0 saturated heterocycles. The van der Waals surface area contributed by atoms with Crippen LogP contribution in [0.4, 0.5) is 0 Å². The number of allylic oxidation sites excluding steroid dienone is 4. The third-order valence-electron chi connectivity index (χ3n) is 13.1. The zero-order valence-corrected chi connectivity index (χ0v) is 45.7. The van der Waals surface area contributed by atoms with Crippen LogP contribution in [-0.4, -0.2) is 66.3 Å². The van der Waals surface area contributed by atoms with E-state index in [0.29, 0.717) is 6.61 Å². The van der Waals surface area contributed by atoms with Gasteiger partial charge in [-0.3, -0.25) is 13.8 Å². The Bertz CT molecular complexity index is 1120. The van der Waals surface area contributed by atoms with Crippen molar-refractivity contribution in [2.45, 2.75) is 309 Å². The first-order valence-electron chi connectivity index (χ1n) is 29.3. The Balaban J connectivity index is 3.97. The fourth-order valence-corrected chi connectivity index (χ4v) is 9.43. The molecule has 0 rings (SSSR count). The molecule has 0 bridgehead atoms. The van der Waals surface area contributed by atoms with E-state index in [1.807, 2.05) is 0 Å². The molecule has 0 saturated carbocycles. The SMILES string of the molecule is CCCCCCCCCC/C=C\CCCCCCCCCCCCCCOCC(COP(=O)(O)OCC(O)CO)OC(=O)CCCCCCCCCCCCC/C=C\CCCCCCCCCC. The van der Waals surface area contributed by atoms with Gasteiger partial charge in [0.15, 0.2) is 0 Å². The summed E-state index contributed by atoms with van der Waals surface area (Å²) >= 11 is 0. The van der Waals surface area contributed by atoms with Crippen molar-refractivity contribution in [1.82, 2.24) is 0 Å². The van der Waals surface area contributed by atoms with E-state index in [0.717, 1.165) is 32.1 Å². The number of carbonyl (C=O) groups is 1. The summed E-state index contributed by atoms with van der Waals surface area (Å²) in [5.74, 6) is -0.377. The van der Waals surface area contributed by atoms with E-state index >= 15 is 0 Å². The fraction of sp³-hybridized carbons (Fsp3) is 0.914. The number of phosphoric ester groups is 1. The topological polar surface area (TPSA) is 132 Å². The van der Waals surface area contributed by atoms with Crippen molar-refractivity contribution < 1.29 is 43.0 Å². The largest absolute Gasteiger partial charge is 0.472 e. The average Bonchev–Trinajstić information content (AvgIpc) is 3.33. The summed E-state index contributed by atoms with van der Waals surface area (Å²) in [6.45, 7) is 3.59. The summed E-state index contributed by atoms with van der Waals surface area (Å²) in [6, 6.07) is 0. The summed E-state index contributed by atoms with van der Waals surface area (Å²) in [7, 11) is -4.53. The van der Waals surface area contributed by atoms with Gasteiger partial charge in [0.05, 0.1) is 26.4 Å². The quantitative estimate of drug-likeness (QED) is 0.0236. The van der Waals surface area contributed by atoms with E-state index in [2.05, 4.69) is 38.2 Å². The first kappa shape index (κ1) is 66.9. The number of esters is 1. The second-order valence-corrected chi connectivity index (χ2v) is 21.5. The Labute approximate surface area is 421 Å². The maximum atomic E-state index is 12.7. The van der Waals surface area contributed by atoms with E-state index < -0.39 is 33.2 Å². The molecule has 68 heavy (non-hydrogen) atoms. The van der Waals surface area contributed by atoms with Crippen molar-refractivity contribution in [3.8, 4) is 0 Å². The van der Waals surface area contributed by atoms with E-state index in [9.17, 15) is 19.4 Å². The van der Waals surface area contributed by atoms with Gasteiger partial charge in [0.2, 0.25) is 0 Å². The molecular formula is C58H113O9P. The molecule has 0 aliphatic heterocycles. The third-order valence-corrected chi connectivity index (χ3v) is 14.1. The second kappa shape index (κ2) is 55.3. The van der Waals surface area contributed by atoms with Crippen molar-refractivity contribution in [1.29, 1.82) is 0 Å². The number of ether oxygens (including phenoxy) is 2. The minimum absolute atomic E-state index is 0.0531. The molecule has 0 aromatic rings. The number of phosphoric acid groups is 1. The van der Waals surface area contributed by atoms with Crippen molar-refractivity contribution in [2.24, 2.45) is 0 Å². The molecule has 3 atom stereocenters. The zero-order valence-electron chi connectivity index (χ0n) is 44.9. The van der Waals surface area contributed by atoms with Gasteiger partial charge in [-0.15, -0.1) is 0 Å². The molecular weight excluding hydrogens is 872 g/mol. The molecule has 0 aliphatic carbocycles. The Morgan fingerprint density at radius 3 is 1.10 bits per heavy atom. The number of aliphatic hydroxyl groups is 2. The molecule has 9 nitrogen and oxygen atoms in total. The van der Waals surface area contributed by atoms with Crippen LogP contribution in [-0.2, 0) is 27.9 Å². The predicted molar refractivity (Wildman–Crippen MR) is 288 cm³/mol. The molecule has 3 N–H and O–H groups in total. The van der Waals surface area contributed by atoms with Crippen molar-refractivity contribution in [3.63, 3.8) is 0 Å². The number of hydrogen-bond donors (Lipinski definition) is 3. The molecule has 404 valence electrons. The molecule has 3 unspecified atom stereocenters. The van der Waals surface area contributed by atoms with Crippen LogP contribution in [0, 0.1) is 0 Å². The van der Waals surface area contributed by atoms with Crippen LogP contribution in [0.1, 0.15) is 296 Å². The van der Waals surface area contributed by atoms with Gasteiger partial charge in [0.25, 0.3) is 0 Å². The molecule has 0 aromatic heterocycles. The van der Waals surface area contributed by atoms with Crippen LogP contribution in [0.15, 0.2) is 24.3 Å². The number of carbonyl (C=O) groups excluding carboxylic acids is 1. The first-order valence-corrected chi connectivity index (χ1v) is 30.8. The lowest BCUT2D eigenvalue weighted by molar-refractivity contribution is -0.154. The smallest absolute Gasteiger partial charge is 0.457 e. The van der Waals surface area contributed by atoms with Gasteiger partial charge < -0.3 is 24.6 Å². The molecule has 0 aliphatic rings. The predicted octanol–water partition coefficient (Wildman–Crippen LogP) is 17.7.